The monoisotopic (exact) mass is 388 g/mol. The Morgan fingerprint density at radius 1 is 0.481 bits per heavy atom. The molecular formula is C25H18Cl2. The molecule has 0 fully saturated rings. The lowest BCUT2D eigenvalue weighted by Gasteiger charge is -2.14. The van der Waals surface area contributed by atoms with Crippen molar-refractivity contribution < 1.29 is 0 Å². The van der Waals surface area contributed by atoms with Gasteiger partial charge in [-0.05, 0) is 64.1 Å². The van der Waals surface area contributed by atoms with Gasteiger partial charge in [-0.15, -0.1) is 0 Å². The van der Waals surface area contributed by atoms with Crippen LogP contribution in [-0.4, -0.2) is 0 Å². The fraction of sp³-hybridized carbons (Fsp3) is 0.0400. The van der Waals surface area contributed by atoms with E-state index >= 15 is 0 Å². The van der Waals surface area contributed by atoms with Crippen LogP contribution in [0.3, 0.4) is 0 Å². The molecule has 0 aromatic heterocycles. The highest BCUT2D eigenvalue weighted by Crippen LogP contribution is 2.31. The maximum Gasteiger partial charge on any atom is 0.0412 e. The van der Waals surface area contributed by atoms with E-state index in [4.69, 9.17) is 23.2 Å². The van der Waals surface area contributed by atoms with Crippen molar-refractivity contribution in [2.75, 3.05) is 0 Å². The van der Waals surface area contributed by atoms with E-state index in [0.29, 0.717) is 0 Å². The molecule has 0 unspecified atom stereocenters. The Labute approximate surface area is 170 Å². The van der Waals surface area contributed by atoms with Crippen molar-refractivity contribution in [1.29, 1.82) is 0 Å². The summed E-state index contributed by atoms with van der Waals surface area (Å²) < 4.78 is 0. The Morgan fingerprint density at radius 2 is 0.926 bits per heavy atom. The number of rotatable bonds is 4. The van der Waals surface area contributed by atoms with Crippen molar-refractivity contribution in [3.05, 3.63) is 118 Å². The first kappa shape index (κ1) is 17.9. The minimum Gasteiger partial charge on any atom is -0.0843 e. The Hall–Kier alpha value is -2.54. The van der Waals surface area contributed by atoms with Crippen molar-refractivity contribution in [3.63, 3.8) is 0 Å². The van der Waals surface area contributed by atoms with E-state index in [1.54, 1.807) is 0 Å². The highest BCUT2D eigenvalue weighted by molar-refractivity contribution is 6.31. The molecule has 4 rings (SSSR count). The van der Waals surface area contributed by atoms with Gasteiger partial charge in [0.15, 0.2) is 0 Å². The van der Waals surface area contributed by atoms with Gasteiger partial charge in [-0.3, -0.25) is 0 Å². The molecule has 0 heterocycles. The normalized spacial score (nSPS) is 10.7. The highest BCUT2D eigenvalue weighted by atomic mass is 35.5. The van der Waals surface area contributed by atoms with E-state index in [0.717, 1.165) is 27.6 Å². The average Bonchev–Trinajstić information content (AvgIpc) is 2.69. The molecule has 0 aliphatic carbocycles. The molecule has 0 amide bonds. The van der Waals surface area contributed by atoms with E-state index in [1.807, 2.05) is 36.4 Å². The molecule has 27 heavy (non-hydrogen) atoms. The van der Waals surface area contributed by atoms with Gasteiger partial charge in [0.05, 0.1) is 0 Å². The van der Waals surface area contributed by atoms with Crippen molar-refractivity contribution in [1.82, 2.24) is 0 Å². The third kappa shape index (κ3) is 4.08. The van der Waals surface area contributed by atoms with E-state index in [1.165, 1.54) is 22.3 Å². The van der Waals surface area contributed by atoms with Crippen molar-refractivity contribution in [2.24, 2.45) is 0 Å². The Balaban J connectivity index is 1.77. The standard InChI is InChI=1S/C25H18Cl2/c26-22-11-5-9-20(16-22)24-13-3-1-7-18(24)15-19-8-2-4-14-25(19)21-10-6-12-23(27)17-21/h1-14,16-17H,15H2. The van der Waals surface area contributed by atoms with E-state index in [-0.39, 0.29) is 0 Å². The molecule has 0 aliphatic heterocycles. The van der Waals surface area contributed by atoms with Gasteiger partial charge in [0, 0.05) is 10.0 Å². The lowest BCUT2D eigenvalue weighted by atomic mass is 9.91. The third-order valence-electron chi connectivity index (χ3n) is 4.69. The minimum atomic E-state index is 0.752. The van der Waals surface area contributed by atoms with Crippen molar-refractivity contribution in [2.45, 2.75) is 6.42 Å². The Kier molecular flexibility index (Phi) is 5.29. The lowest BCUT2D eigenvalue weighted by Crippen LogP contribution is -1.95. The van der Waals surface area contributed by atoms with Gasteiger partial charge in [0.2, 0.25) is 0 Å². The van der Waals surface area contributed by atoms with Crippen LogP contribution in [0.5, 0.6) is 0 Å². The molecule has 4 aromatic rings. The number of hydrogen-bond acceptors (Lipinski definition) is 0. The summed E-state index contributed by atoms with van der Waals surface area (Å²) in [5, 5.41) is 1.50. The number of benzene rings is 4. The zero-order chi connectivity index (χ0) is 18.6. The van der Waals surface area contributed by atoms with E-state index < -0.39 is 0 Å². The first-order chi connectivity index (χ1) is 13.2. The zero-order valence-corrected chi connectivity index (χ0v) is 16.2. The van der Waals surface area contributed by atoms with Gasteiger partial charge in [-0.2, -0.15) is 0 Å². The summed E-state index contributed by atoms with van der Waals surface area (Å²) >= 11 is 12.4. The molecule has 0 radical (unpaired) electrons. The molecule has 132 valence electrons. The summed E-state index contributed by atoms with van der Waals surface area (Å²) in [6, 6.07) is 33.0. The minimum absolute atomic E-state index is 0.752. The van der Waals surface area contributed by atoms with Crippen LogP contribution >= 0.6 is 23.2 Å². The maximum absolute atomic E-state index is 6.21. The summed E-state index contributed by atoms with van der Waals surface area (Å²) in [5.74, 6) is 0. The summed E-state index contributed by atoms with van der Waals surface area (Å²) in [4.78, 5) is 0. The number of hydrogen-bond donors (Lipinski definition) is 0. The first-order valence-electron chi connectivity index (χ1n) is 8.88. The van der Waals surface area contributed by atoms with Crippen LogP contribution in [0.25, 0.3) is 22.3 Å². The molecule has 2 heteroatoms. The first-order valence-corrected chi connectivity index (χ1v) is 9.64. The van der Waals surface area contributed by atoms with Gasteiger partial charge in [-0.25, -0.2) is 0 Å². The highest BCUT2D eigenvalue weighted by Gasteiger charge is 2.10. The van der Waals surface area contributed by atoms with Gasteiger partial charge in [-0.1, -0.05) is 96.0 Å². The quantitative estimate of drug-likeness (QED) is 0.333. The fourth-order valence-electron chi connectivity index (χ4n) is 3.43. The molecule has 0 aliphatic rings. The smallest absolute Gasteiger partial charge is 0.0412 e. The summed E-state index contributed by atoms with van der Waals surface area (Å²) in [6.07, 6.45) is 0.839. The summed E-state index contributed by atoms with van der Waals surface area (Å²) in [7, 11) is 0. The van der Waals surface area contributed by atoms with Crippen LogP contribution in [0.15, 0.2) is 97.1 Å². The zero-order valence-electron chi connectivity index (χ0n) is 14.7. The second-order valence-electron chi connectivity index (χ2n) is 6.51. The molecule has 0 bridgehead atoms. The fourth-order valence-corrected chi connectivity index (χ4v) is 3.81. The van der Waals surface area contributed by atoms with E-state index in [2.05, 4.69) is 60.7 Å². The molecular weight excluding hydrogens is 371 g/mol. The predicted octanol–water partition coefficient (Wildman–Crippen LogP) is 7.92. The Morgan fingerprint density at radius 3 is 1.37 bits per heavy atom. The van der Waals surface area contributed by atoms with Gasteiger partial charge in [0.1, 0.15) is 0 Å². The van der Waals surface area contributed by atoms with Crippen molar-refractivity contribution >= 4 is 23.2 Å². The topological polar surface area (TPSA) is 0 Å². The van der Waals surface area contributed by atoms with Crippen molar-refractivity contribution in [3.8, 4) is 22.3 Å². The molecule has 0 spiro atoms. The van der Waals surface area contributed by atoms with Gasteiger partial charge in [0.25, 0.3) is 0 Å². The van der Waals surface area contributed by atoms with Gasteiger partial charge < -0.3 is 0 Å². The molecule has 4 aromatic carbocycles. The molecule has 0 atom stereocenters. The number of halogens is 2. The lowest BCUT2D eigenvalue weighted by molar-refractivity contribution is 1.20. The second kappa shape index (κ2) is 8.00. The molecule has 0 saturated heterocycles. The molecule has 0 nitrogen and oxygen atoms in total. The van der Waals surface area contributed by atoms with Crippen LogP contribution in [-0.2, 0) is 6.42 Å². The average molecular weight is 389 g/mol. The van der Waals surface area contributed by atoms with Crippen LogP contribution in [0, 0.1) is 0 Å². The van der Waals surface area contributed by atoms with Crippen LogP contribution in [0.4, 0.5) is 0 Å². The van der Waals surface area contributed by atoms with E-state index in [9.17, 15) is 0 Å². The molecule has 0 N–H and O–H groups in total. The predicted molar refractivity (Wildman–Crippen MR) is 117 cm³/mol. The van der Waals surface area contributed by atoms with Gasteiger partial charge >= 0.3 is 0 Å². The summed E-state index contributed by atoms with van der Waals surface area (Å²) in [6.45, 7) is 0. The second-order valence-corrected chi connectivity index (χ2v) is 7.38. The largest absolute Gasteiger partial charge is 0.0843 e. The van der Waals surface area contributed by atoms with Crippen LogP contribution < -0.4 is 0 Å². The SMILES string of the molecule is Clc1cccc(-c2ccccc2Cc2ccccc2-c2cccc(Cl)c2)c1. The molecule has 0 saturated carbocycles. The third-order valence-corrected chi connectivity index (χ3v) is 5.16. The summed E-state index contributed by atoms with van der Waals surface area (Å²) in [5.41, 5.74) is 7.24. The Bertz CT molecular complexity index is 996. The van der Waals surface area contributed by atoms with Crippen LogP contribution in [0.1, 0.15) is 11.1 Å². The van der Waals surface area contributed by atoms with Crippen LogP contribution in [0.2, 0.25) is 10.0 Å². The maximum atomic E-state index is 6.21.